The van der Waals surface area contributed by atoms with E-state index in [1.54, 1.807) is 6.92 Å². The van der Waals surface area contributed by atoms with Gasteiger partial charge in [0.15, 0.2) is 0 Å². The van der Waals surface area contributed by atoms with Gasteiger partial charge in [0.25, 0.3) is 0 Å². The number of nitriles is 1. The van der Waals surface area contributed by atoms with E-state index in [-0.39, 0.29) is 0 Å². The van der Waals surface area contributed by atoms with E-state index in [1.807, 2.05) is 6.92 Å². The van der Waals surface area contributed by atoms with E-state index in [0.29, 0.717) is 26.1 Å². The lowest BCUT2D eigenvalue weighted by atomic mass is 9.71. The molecule has 3 nitrogen and oxygen atoms in total. The molecule has 2 atom stereocenters. The van der Waals surface area contributed by atoms with Gasteiger partial charge >= 0.3 is 0 Å². The molecule has 0 bridgehead atoms. The third kappa shape index (κ3) is 1.70. The molecule has 2 unspecified atom stereocenters. The Morgan fingerprint density at radius 3 is 2.77 bits per heavy atom. The number of hydrogen-bond donors (Lipinski definition) is 1. The van der Waals surface area contributed by atoms with Crippen LogP contribution in [0.25, 0.3) is 0 Å². The van der Waals surface area contributed by atoms with Crippen molar-refractivity contribution >= 4 is 0 Å². The minimum Gasteiger partial charge on any atom is -0.388 e. The van der Waals surface area contributed by atoms with Crippen molar-refractivity contribution in [2.24, 2.45) is 5.41 Å². The Labute approximate surface area is 79.3 Å². The summed E-state index contributed by atoms with van der Waals surface area (Å²) >= 11 is 0. The molecule has 0 aromatic heterocycles. The minimum atomic E-state index is -0.910. The maximum atomic E-state index is 10.2. The van der Waals surface area contributed by atoms with Gasteiger partial charge in [-0.1, -0.05) is 13.3 Å². The lowest BCUT2D eigenvalue weighted by Crippen LogP contribution is -2.45. The van der Waals surface area contributed by atoms with Crippen molar-refractivity contribution in [2.45, 2.75) is 38.7 Å². The molecule has 1 fully saturated rings. The highest BCUT2D eigenvalue weighted by Crippen LogP contribution is 2.41. The molecule has 0 amide bonds. The quantitative estimate of drug-likeness (QED) is 0.720. The van der Waals surface area contributed by atoms with E-state index in [2.05, 4.69) is 6.07 Å². The zero-order chi connectivity index (χ0) is 9.95. The van der Waals surface area contributed by atoms with Crippen molar-refractivity contribution in [3.8, 4) is 6.07 Å². The maximum absolute atomic E-state index is 10.2. The van der Waals surface area contributed by atoms with Gasteiger partial charge in [-0.3, -0.25) is 0 Å². The molecule has 0 saturated carbocycles. The molecule has 3 heteroatoms. The minimum absolute atomic E-state index is 0.372. The number of hydrogen-bond acceptors (Lipinski definition) is 3. The van der Waals surface area contributed by atoms with Crippen molar-refractivity contribution < 1.29 is 9.84 Å². The smallest absolute Gasteiger partial charge is 0.111 e. The van der Waals surface area contributed by atoms with Gasteiger partial charge in [0.1, 0.15) is 5.41 Å². The lowest BCUT2D eigenvalue weighted by molar-refractivity contribution is -0.0493. The van der Waals surface area contributed by atoms with Crippen LogP contribution < -0.4 is 0 Å². The summed E-state index contributed by atoms with van der Waals surface area (Å²) in [5.74, 6) is 0. The van der Waals surface area contributed by atoms with Crippen LogP contribution in [-0.2, 0) is 4.74 Å². The summed E-state index contributed by atoms with van der Waals surface area (Å²) in [7, 11) is 0. The number of nitrogens with zero attached hydrogens (tertiary/aromatic N) is 1. The Kier molecular flexibility index (Phi) is 2.94. The molecule has 0 aromatic rings. The summed E-state index contributed by atoms with van der Waals surface area (Å²) in [4.78, 5) is 0. The molecule has 13 heavy (non-hydrogen) atoms. The number of ether oxygens (including phenoxy) is 1. The number of aliphatic hydroxyl groups is 1. The Morgan fingerprint density at radius 1 is 1.69 bits per heavy atom. The molecule has 0 aromatic carbocycles. The SMILES string of the molecule is CCCC(C)(O)C1(C#N)CCOC1. The van der Waals surface area contributed by atoms with Crippen LogP contribution in [0.4, 0.5) is 0 Å². The van der Waals surface area contributed by atoms with Crippen LogP contribution >= 0.6 is 0 Å². The standard InChI is InChI=1S/C10H17NO2/c1-3-4-9(2,12)10(7-11)5-6-13-8-10/h12H,3-6,8H2,1-2H3. The monoisotopic (exact) mass is 183 g/mol. The van der Waals surface area contributed by atoms with Crippen LogP contribution in [0.2, 0.25) is 0 Å². The van der Waals surface area contributed by atoms with Crippen molar-refractivity contribution in [1.82, 2.24) is 0 Å². The summed E-state index contributed by atoms with van der Waals surface area (Å²) in [5.41, 5.74) is -1.59. The summed E-state index contributed by atoms with van der Waals surface area (Å²) in [6.45, 7) is 4.72. The molecule has 74 valence electrons. The fourth-order valence-electron chi connectivity index (χ4n) is 1.92. The second kappa shape index (κ2) is 3.65. The second-order valence-corrected chi connectivity index (χ2v) is 4.02. The molecular formula is C10H17NO2. The van der Waals surface area contributed by atoms with E-state index >= 15 is 0 Å². The highest BCUT2D eigenvalue weighted by Gasteiger charge is 2.49. The fourth-order valence-corrected chi connectivity index (χ4v) is 1.92. The van der Waals surface area contributed by atoms with Gasteiger partial charge in [-0.25, -0.2) is 0 Å². The molecule has 0 aliphatic carbocycles. The largest absolute Gasteiger partial charge is 0.388 e. The molecule has 1 aliphatic heterocycles. The summed E-state index contributed by atoms with van der Waals surface area (Å²) < 4.78 is 5.20. The zero-order valence-electron chi connectivity index (χ0n) is 8.34. The Morgan fingerprint density at radius 2 is 2.38 bits per heavy atom. The van der Waals surface area contributed by atoms with E-state index < -0.39 is 11.0 Å². The predicted molar refractivity (Wildman–Crippen MR) is 49.0 cm³/mol. The summed E-state index contributed by atoms with van der Waals surface area (Å²) in [6.07, 6.45) is 2.19. The van der Waals surface area contributed by atoms with Crippen molar-refractivity contribution in [2.75, 3.05) is 13.2 Å². The topological polar surface area (TPSA) is 53.2 Å². The van der Waals surface area contributed by atoms with E-state index in [9.17, 15) is 5.11 Å². The average molecular weight is 183 g/mol. The zero-order valence-corrected chi connectivity index (χ0v) is 8.34. The highest BCUT2D eigenvalue weighted by atomic mass is 16.5. The van der Waals surface area contributed by atoms with Crippen LogP contribution in [-0.4, -0.2) is 23.9 Å². The van der Waals surface area contributed by atoms with Crippen molar-refractivity contribution in [3.05, 3.63) is 0 Å². The molecule has 1 heterocycles. The van der Waals surface area contributed by atoms with Crippen molar-refractivity contribution in [1.29, 1.82) is 5.26 Å². The van der Waals surface area contributed by atoms with Crippen LogP contribution in [0.3, 0.4) is 0 Å². The van der Waals surface area contributed by atoms with E-state index in [1.165, 1.54) is 0 Å². The normalized spacial score (nSPS) is 32.5. The van der Waals surface area contributed by atoms with Crippen LogP contribution in [0, 0.1) is 16.7 Å². The Bertz CT molecular complexity index is 211. The van der Waals surface area contributed by atoms with Gasteiger partial charge in [-0.2, -0.15) is 5.26 Å². The summed E-state index contributed by atoms with van der Waals surface area (Å²) in [6, 6.07) is 2.23. The molecule has 1 saturated heterocycles. The predicted octanol–water partition coefficient (Wildman–Crippen LogP) is 1.47. The van der Waals surface area contributed by atoms with Crippen LogP contribution in [0.5, 0.6) is 0 Å². The lowest BCUT2D eigenvalue weighted by Gasteiger charge is -2.35. The van der Waals surface area contributed by atoms with Crippen LogP contribution in [0.1, 0.15) is 33.1 Å². The molecule has 1 aliphatic rings. The van der Waals surface area contributed by atoms with Gasteiger partial charge < -0.3 is 9.84 Å². The van der Waals surface area contributed by atoms with Gasteiger partial charge in [0, 0.05) is 6.61 Å². The Balaban J connectivity index is 2.81. The molecule has 0 spiro atoms. The molecular weight excluding hydrogens is 166 g/mol. The Hall–Kier alpha value is -0.590. The first kappa shape index (κ1) is 10.5. The van der Waals surface area contributed by atoms with Gasteiger partial charge in [-0.05, 0) is 19.8 Å². The average Bonchev–Trinajstić information content (AvgIpc) is 2.53. The first-order chi connectivity index (χ1) is 6.08. The molecule has 1 N–H and O–H groups in total. The van der Waals surface area contributed by atoms with E-state index in [0.717, 1.165) is 6.42 Å². The van der Waals surface area contributed by atoms with Gasteiger partial charge in [0.2, 0.25) is 0 Å². The third-order valence-corrected chi connectivity index (χ3v) is 3.00. The third-order valence-electron chi connectivity index (χ3n) is 3.00. The fraction of sp³-hybridized carbons (Fsp3) is 0.900. The van der Waals surface area contributed by atoms with E-state index in [4.69, 9.17) is 10.00 Å². The van der Waals surface area contributed by atoms with Crippen molar-refractivity contribution in [3.63, 3.8) is 0 Å². The first-order valence-electron chi connectivity index (χ1n) is 4.79. The summed E-state index contributed by atoms with van der Waals surface area (Å²) in [5, 5.41) is 19.3. The molecule has 1 rings (SSSR count). The number of rotatable bonds is 3. The van der Waals surface area contributed by atoms with Gasteiger partial charge in [-0.15, -0.1) is 0 Å². The highest BCUT2D eigenvalue weighted by molar-refractivity contribution is 5.11. The van der Waals surface area contributed by atoms with Crippen LogP contribution in [0.15, 0.2) is 0 Å². The first-order valence-corrected chi connectivity index (χ1v) is 4.79. The maximum Gasteiger partial charge on any atom is 0.111 e. The molecule has 0 radical (unpaired) electrons. The van der Waals surface area contributed by atoms with Gasteiger partial charge in [0.05, 0.1) is 18.3 Å². The second-order valence-electron chi connectivity index (χ2n) is 4.02.